The lowest BCUT2D eigenvalue weighted by Gasteiger charge is -2.13. The number of halogens is 1. The molecule has 78 valence electrons. The summed E-state index contributed by atoms with van der Waals surface area (Å²) in [5, 5.41) is 18.2. The Hall–Kier alpha value is -1.13. The molecule has 0 saturated heterocycles. The van der Waals surface area contributed by atoms with Gasteiger partial charge in [-0.1, -0.05) is 0 Å². The molecule has 4 heteroatoms. The third kappa shape index (κ3) is 2.43. The van der Waals surface area contributed by atoms with E-state index >= 15 is 0 Å². The van der Waals surface area contributed by atoms with Gasteiger partial charge in [0.1, 0.15) is 11.6 Å². The van der Waals surface area contributed by atoms with Crippen molar-refractivity contribution in [1.29, 1.82) is 0 Å². The van der Waals surface area contributed by atoms with Crippen molar-refractivity contribution in [3.63, 3.8) is 0 Å². The maximum absolute atomic E-state index is 12.8. The van der Waals surface area contributed by atoms with Crippen molar-refractivity contribution in [2.45, 2.75) is 12.5 Å². The summed E-state index contributed by atoms with van der Waals surface area (Å²) in [6.07, 6.45) is -0.613. The Labute approximate surface area is 81.8 Å². The molecule has 1 rings (SSSR count). The number of hydrogen-bond acceptors (Lipinski definition) is 3. The topological polar surface area (TPSA) is 49.7 Å². The van der Waals surface area contributed by atoms with E-state index in [-0.39, 0.29) is 13.0 Å². The summed E-state index contributed by atoms with van der Waals surface area (Å²) < 4.78 is 17.7. The summed E-state index contributed by atoms with van der Waals surface area (Å²) in [5.74, 6) is -0.118. The monoisotopic (exact) mass is 200 g/mol. The van der Waals surface area contributed by atoms with Crippen molar-refractivity contribution in [2.75, 3.05) is 13.7 Å². The highest BCUT2D eigenvalue weighted by Crippen LogP contribution is 2.27. The van der Waals surface area contributed by atoms with E-state index in [1.54, 1.807) is 0 Å². The number of aliphatic hydroxyl groups excluding tert-OH is 2. The van der Waals surface area contributed by atoms with Crippen LogP contribution in [0.5, 0.6) is 5.75 Å². The first kappa shape index (κ1) is 10.9. The van der Waals surface area contributed by atoms with E-state index in [9.17, 15) is 9.50 Å². The van der Waals surface area contributed by atoms with E-state index in [4.69, 9.17) is 9.84 Å². The number of hydrogen-bond donors (Lipinski definition) is 2. The quantitative estimate of drug-likeness (QED) is 0.769. The fraction of sp³-hybridized carbons (Fsp3) is 0.400. The predicted octanol–water partition coefficient (Wildman–Crippen LogP) is 1.25. The molecule has 14 heavy (non-hydrogen) atoms. The van der Waals surface area contributed by atoms with Gasteiger partial charge in [-0.3, -0.25) is 0 Å². The zero-order chi connectivity index (χ0) is 10.6. The predicted molar refractivity (Wildman–Crippen MR) is 49.6 cm³/mol. The second-order valence-corrected chi connectivity index (χ2v) is 2.91. The molecule has 0 radical (unpaired) electrons. The highest BCUT2D eigenvalue weighted by atomic mass is 19.1. The standard InChI is InChI=1S/C10H13FO3/c1-14-10-6-7(11)2-3-8(10)9(13)4-5-12/h2-3,6,9,12-13H,4-5H2,1H3. The van der Waals surface area contributed by atoms with Gasteiger partial charge in [0.15, 0.2) is 0 Å². The van der Waals surface area contributed by atoms with Gasteiger partial charge < -0.3 is 14.9 Å². The Kier molecular flexibility index (Phi) is 3.85. The Balaban J connectivity index is 2.95. The molecule has 0 aliphatic heterocycles. The molecule has 0 heterocycles. The van der Waals surface area contributed by atoms with Crippen LogP contribution in [0.3, 0.4) is 0 Å². The molecule has 3 nitrogen and oxygen atoms in total. The second-order valence-electron chi connectivity index (χ2n) is 2.91. The molecular weight excluding hydrogens is 187 g/mol. The number of methoxy groups -OCH3 is 1. The van der Waals surface area contributed by atoms with Crippen molar-refractivity contribution >= 4 is 0 Å². The highest BCUT2D eigenvalue weighted by molar-refractivity contribution is 5.35. The minimum atomic E-state index is -0.824. The van der Waals surface area contributed by atoms with Crippen molar-refractivity contribution < 1.29 is 19.3 Å². The van der Waals surface area contributed by atoms with Crippen LogP contribution in [0.15, 0.2) is 18.2 Å². The first-order valence-corrected chi connectivity index (χ1v) is 4.31. The fourth-order valence-electron chi connectivity index (χ4n) is 1.24. The summed E-state index contributed by atoms with van der Waals surface area (Å²) in [6, 6.07) is 3.91. The molecule has 0 aliphatic carbocycles. The summed E-state index contributed by atoms with van der Waals surface area (Å²) >= 11 is 0. The van der Waals surface area contributed by atoms with Crippen LogP contribution in [0.25, 0.3) is 0 Å². The molecule has 0 aliphatic rings. The van der Waals surface area contributed by atoms with E-state index in [0.717, 1.165) is 0 Å². The smallest absolute Gasteiger partial charge is 0.127 e. The summed E-state index contributed by atoms with van der Waals surface area (Å²) in [5.41, 5.74) is 0.489. The van der Waals surface area contributed by atoms with Gasteiger partial charge in [-0.2, -0.15) is 0 Å². The van der Waals surface area contributed by atoms with Gasteiger partial charge in [-0.15, -0.1) is 0 Å². The lowest BCUT2D eigenvalue weighted by Crippen LogP contribution is -2.03. The lowest BCUT2D eigenvalue weighted by atomic mass is 10.1. The van der Waals surface area contributed by atoms with Gasteiger partial charge in [0.25, 0.3) is 0 Å². The Morgan fingerprint density at radius 2 is 2.21 bits per heavy atom. The molecule has 0 spiro atoms. The third-order valence-corrected chi connectivity index (χ3v) is 1.96. The molecular formula is C10H13FO3. The number of aliphatic hydroxyl groups is 2. The summed E-state index contributed by atoms with van der Waals surface area (Å²) in [4.78, 5) is 0. The van der Waals surface area contributed by atoms with Crippen molar-refractivity contribution in [3.8, 4) is 5.75 Å². The lowest BCUT2D eigenvalue weighted by molar-refractivity contribution is 0.131. The molecule has 0 bridgehead atoms. The average Bonchev–Trinajstić information content (AvgIpc) is 2.17. The minimum Gasteiger partial charge on any atom is -0.496 e. The van der Waals surface area contributed by atoms with E-state index in [2.05, 4.69) is 0 Å². The van der Waals surface area contributed by atoms with Gasteiger partial charge >= 0.3 is 0 Å². The largest absolute Gasteiger partial charge is 0.496 e. The number of ether oxygens (including phenoxy) is 1. The Bertz CT molecular complexity index is 301. The first-order valence-electron chi connectivity index (χ1n) is 4.31. The normalized spacial score (nSPS) is 12.6. The SMILES string of the molecule is COc1cc(F)ccc1C(O)CCO. The van der Waals surface area contributed by atoms with E-state index in [0.29, 0.717) is 11.3 Å². The van der Waals surface area contributed by atoms with Gasteiger partial charge in [0.05, 0.1) is 13.2 Å². The zero-order valence-electron chi connectivity index (χ0n) is 7.90. The summed E-state index contributed by atoms with van der Waals surface area (Å²) in [7, 11) is 1.41. The van der Waals surface area contributed by atoms with E-state index < -0.39 is 11.9 Å². The molecule has 1 unspecified atom stereocenters. The third-order valence-electron chi connectivity index (χ3n) is 1.96. The maximum Gasteiger partial charge on any atom is 0.127 e. The first-order chi connectivity index (χ1) is 6.69. The van der Waals surface area contributed by atoms with Crippen LogP contribution in [-0.4, -0.2) is 23.9 Å². The van der Waals surface area contributed by atoms with E-state index in [1.807, 2.05) is 0 Å². The van der Waals surface area contributed by atoms with Crippen molar-refractivity contribution in [2.24, 2.45) is 0 Å². The molecule has 0 saturated carbocycles. The van der Waals surface area contributed by atoms with Crippen LogP contribution in [0.2, 0.25) is 0 Å². The van der Waals surface area contributed by atoms with Gasteiger partial charge in [-0.25, -0.2) is 4.39 Å². The Morgan fingerprint density at radius 3 is 2.79 bits per heavy atom. The van der Waals surface area contributed by atoms with Crippen LogP contribution < -0.4 is 4.74 Å². The van der Waals surface area contributed by atoms with Crippen molar-refractivity contribution in [3.05, 3.63) is 29.6 Å². The molecule has 0 aromatic heterocycles. The highest BCUT2D eigenvalue weighted by Gasteiger charge is 2.13. The van der Waals surface area contributed by atoms with Gasteiger partial charge in [0.2, 0.25) is 0 Å². The molecule has 1 aromatic carbocycles. The number of rotatable bonds is 4. The van der Waals surface area contributed by atoms with Gasteiger partial charge in [0, 0.05) is 24.7 Å². The molecule has 1 atom stereocenters. The zero-order valence-corrected chi connectivity index (χ0v) is 7.90. The van der Waals surface area contributed by atoms with Gasteiger partial charge in [-0.05, 0) is 12.1 Å². The molecule has 0 fully saturated rings. The molecule has 2 N–H and O–H groups in total. The van der Waals surface area contributed by atoms with Crippen LogP contribution in [0.1, 0.15) is 18.1 Å². The fourth-order valence-corrected chi connectivity index (χ4v) is 1.24. The Morgan fingerprint density at radius 1 is 1.50 bits per heavy atom. The minimum absolute atomic E-state index is 0.123. The summed E-state index contributed by atoms with van der Waals surface area (Å²) in [6.45, 7) is -0.123. The van der Waals surface area contributed by atoms with Crippen LogP contribution in [0.4, 0.5) is 4.39 Å². The second kappa shape index (κ2) is 4.93. The van der Waals surface area contributed by atoms with Crippen LogP contribution in [-0.2, 0) is 0 Å². The number of benzene rings is 1. The maximum atomic E-state index is 12.8. The molecule has 1 aromatic rings. The van der Waals surface area contributed by atoms with E-state index in [1.165, 1.54) is 25.3 Å². The van der Waals surface area contributed by atoms with Crippen LogP contribution in [0, 0.1) is 5.82 Å². The molecule has 0 amide bonds. The van der Waals surface area contributed by atoms with Crippen LogP contribution >= 0.6 is 0 Å². The van der Waals surface area contributed by atoms with Crippen molar-refractivity contribution in [1.82, 2.24) is 0 Å². The average molecular weight is 200 g/mol.